The molecule has 2 aliphatic heterocycles. The molecular formula is C28H36ClN3O6. The van der Waals surface area contributed by atoms with Crippen LogP contribution in [-0.2, 0) is 25.7 Å². The normalized spacial score (nSPS) is 19.7. The van der Waals surface area contributed by atoms with Crippen LogP contribution < -0.4 is 5.32 Å². The van der Waals surface area contributed by atoms with E-state index in [4.69, 9.17) is 9.47 Å². The van der Waals surface area contributed by atoms with Crippen LogP contribution in [0.25, 0.3) is 0 Å². The molecule has 2 atom stereocenters. The van der Waals surface area contributed by atoms with Crippen LogP contribution in [0.1, 0.15) is 55.0 Å². The van der Waals surface area contributed by atoms with Gasteiger partial charge in [0.2, 0.25) is 5.91 Å². The summed E-state index contributed by atoms with van der Waals surface area (Å²) >= 11 is 0. The molecule has 2 N–H and O–H groups in total. The molecule has 10 heteroatoms. The van der Waals surface area contributed by atoms with Crippen LogP contribution in [0.3, 0.4) is 0 Å². The van der Waals surface area contributed by atoms with Crippen molar-refractivity contribution in [1.29, 1.82) is 0 Å². The van der Waals surface area contributed by atoms with Gasteiger partial charge in [-0.25, -0.2) is 4.79 Å². The predicted molar refractivity (Wildman–Crippen MR) is 144 cm³/mol. The smallest absolute Gasteiger partial charge is 0.410 e. The van der Waals surface area contributed by atoms with Crippen molar-refractivity contribution in [2.24, 2.45) is 0 Å². The van der Waals surface area contributed by atoms with Gasteiger partial charge >= 0.3 is 12.1 Å². The summed E-state index contributed by atoms with van der Waals surface area (Å²) in [5.74, 6) is -0.881. The highest BCUT2D eigenvalue weighted by Crippen LogP contribution is 2.34. The highest BCUT2D eigenvalue weighted by Gasteiger charge is 2.32. The predicted octanol–water partition coefficient (Wildman–Crippen LogP) is 3.93. The summed E-state index contributed by atoms with van der Waals surface area (Å²) in [4.78, 5) is 40.1. The lowest BCUT2D eigenvalue weighted by atomic mass is 9.89. The Labute approximate surface area is 229 Å². The average molecular weight is 546 g/mol. The van der Waals surface area contributed by atoms with Crippen molar-refractivity contribution < 1.29 is 29.0 Å². The van der Waals surface area contributed by atoms with Crippen molar-refractivity contribution in [2.45, 2.75) is 51.0 Å². The number of likely N-dealkylation sites (tertiary alicyclic amines) is 1. The number of nitrogens with one attached hydrogen (secondary N) is 1. The van der Waals surface area contributed by atoms with Gasteiger partial charge in [-0.1, -0.05) is 61.5 Å². The van der Waals surface area contributed by atoms with Gasteiger partial charge in [-0.3, -0.25) is 14.5 Å². The van der Waals surface area contributed by atoms with Gasteiger partial charge in [0.05, 0.1) is 12.5 Å². The van der Waals surface area contributed by atoms with Crippen LogP contribution in [-0.4, -0.2) is 71.8 Å². The number of benzene rings is 2. The van der Waals surface area contributed by atoms with Crippen molar-refractivity contribution in [3.8, 4) is 0 Å². The summed E-state index contributed by atoms with van der Waals surface area (Å²) < 4.78 is 11.3. The Balaban J connectivity index is 0.00000400. The summed E-state index contributed by atoms with van der Waals surface area (Å²) in [6.45, 7) is 4.28. The molecule has 2 unspecified atom stereocenters. The molecule has 0 aromatic heterocycles. The van der Waals surface area contributed by atoms with E-state index in [9.17, 15) is 19.5 Å². The van der Waals surface area contributed by atoms with Crippen LogP contribution in [0.2, 0.25) is 0 Å². The number of carboxylic acid groups (broad SMARTS) is 1. The van der Waals surface area contributed by atoms with Gasteiger partial charge in [-0.15, -0.1) is 12.4 Å². The van der Waals surface area contributed by atoms with E-state index in [0.29, 0.717) is 39.0 Å². The van der Waals surface area contributed by atoms with Gasteiger partial charge < -0.3 is 24.8 Å². The fourth-order valence-corrected chi connectivity index (χ4v) is 4.99. The van der Waals surface area contributed by atoms with Gasteiger partial charge in [0, 0.05) is 26.2 Å². The number of hydrogen-bond donors (Lipinski definition) is 2. The molecule has 0 radical (unpaired) electrons. The zero-order valence-electron chi connectivity index (χ0n) is 21.6. The van der Waals surface area contributed by atoms with Gasteiger partial charge in [0.1, 0.15) is 19.4 Å². The van der Waals surface area contributed by atoms with Crippen LogP contribution in [0.5, 0.6) is 0 Å². The number of piperidine rings is 1. The number of nitrogens with zero attached hydrogens (tertiary/aromatic N) is 2. The van der Waals surface area contributed by atoms with Crippen molar-refractivity contribution >= 4 is 30.4 Å². The Morgan fingerprint density at radius 2 is 1.66 bits per heavy atom. The minimum atomic E-state index is -0.866. The Bertz CT molecular complexity index is 1080. The number of aliphatic carboxylic acids is 1. The molecular weight excluding hydrogens is 510 g/mol. The summed E-state index contributed by atoms with van der Waals surface area (Å²) in [7, 11) is 0. The Morgan fingerprint density at radius 3 is 2.34 bits per heavy atom. The first-order chi connectivity index (χ1) is 17.9. The Hall–Kier alpha value is -3.14. The maximum Gasteiger partial charge on any atom is 0.410 e. The molecule has 2 aromatic rings. The zero-order chi connectivity index (χ0) is 26.2. The van der Waals surface area contributed by atoms with Crippen LogP contribution in [0.15, 0.2) is 54.6 Å². The number of hydrogen-bond acceptors (Lipinski definition) is 6. The molecule has 1 fully saturated rings. The molecule has 2 aromatic carbocycles. The fourth-order valence-electron chi connectivity index (χ4n) is 4.99. The van der Waals surface area contributed by atoms with Crippen LogP contribution in [0, 0.1) is 0 Å². The average Bonchev–Trinajstić information content (AvgIpc) is 2.92. The minimum absolute atomic E-state index is 0. The van der Waals surface area contributed by atoms with E-state index in [1.807, 2.05) is 53.4 Å². The second kappa shape index (κ2) is 14.1. The monoisotopic (exact) mass is 545 g/mol. The lowest BCUT2D eigenvalue weighted by molar-refractivity contribution is -0.137. The third-order valence-corrected chi connectivity index (χ3v) is 6.96. The van der Waals surface area contributed by atoms with E-state index >= 15 is 0 Å². The lowest BCUT2D eigenvalue weighted by Crippen LogP contribution is -2.48. The molecule has 206 valence electrons. The number of ether oxygens (including phenoxy) is 2. The molecule has 0 aliphatic carbocycles. The van der Waals surface area contributed by atoms with Gasteiger partial charge in [0.15, 0.2) is 0 Å². The largest absolute Gasteiger partial charge is 0.481 e. The summed E-state index contributed by atoms with van der Waals surface area (Å²) in [6.07, 6.45) is 0.399. The number of amides is 2. The Morgan fingerprint density at radius 1 is 1.00 bits per heavy atom. The number of halogens is 1. The number of carboxylic acids is 1. The number of fused-ring (bicyclic) bond motifs is 1. The molecule has 0 saturated carbocycles. The standard InChI is InChI=1S/C28H35N3O6.ClH/c1-20-17-31(16-13-26(33)34)27(24-10-6-5-9-23(20)24)29-25(32)19-36-22-11-14-30(15-12-22)28(35)37-18-21-7-3-2-4-8-21;/h2-10,20,22,27H,11-19H2,1H3,(H,29,32)(H,33,34);1H. The molecule has 2 amide bonds. The zero-order valence-corrected chi connectivity index (χ0v) is 22.4. The maximum atomic E-state index is 12.9. The number of carbonyl (C=O) groups excluding carboxylic acids is 2. The molecule has 1 saturated heterocycles. The van der Waals surface area contributed by atoms with Gasteiger partial charge in [0.25, 0.3) is 0 Å². The molecule has 0 bridgehead atoms. The molecule has 0 spiro atoms. The summed E-state index contributed by atoms with van der Waals surface area (Å²) in [5, 5.41) is 12.2. The maximum absolute atomic E-state index is 12.9. The van der Waals surface area contributed by atoms with E-state index in [-0.39, 0.29) is 56.1 Å². The van der Waals surface area contributed by atoms with E-state index in [1.54, 1.807) is 4.90 Å². The lowest BCUT2D eigenvalue weighted by Gasteiger charge is -2.40. The first-order valence-electron chi connectivity index (χ1n) is 12.8. The first-order valence-corrected chi connectivity index (χ1v) is 12.8. The van der Waals surface area contributed by atoms with E-state index in [1.165, 1.54) is 0 Å². The highest BCUT2D eigenvalue weighted by atomic mass is 35.5. The second-order valence-corrected chi connectivity index (χ2v) is 9.68. The molecule has 4 rings (SSSR count). The quantitative estimate of drug-likeness (QED) is 0.491. The molecule has 38 heavy (non-hydrogen) atoms. The van der Waals surface area contributed by atoms with Crippen molar-refractivity contribution in [2.75, 3.05) is 32.8 Å². The van der Waals surface area contributed by atoms with E-state index in [2.05, 4.69) is 18.3 Å². The topological polar surface area (TPSA) is 108 Å². The van der Waals surface area contributed by atoms with Gasteiger partial charge in [-0.2, -0.15) is 0 Å². The van der Waals surface area contributed by atoms with Crippen molar-refractivity contribution in [3.05, 3.63) is 71.3 Å². The third-order valence-electron chi connectivity index (χ3n) is 6.96. The van der Waals surface area contributed by atoms with Gasteiger partial charge in [-0.05, 0) is 35.4 Å². The van der Waals surface area contributed by atoms with Crippen LogP contribution in [0.4, 0.5) is 4.79 Å². The highest BCUT2D eigenvalue weighted by molar-refractivity contribution is 5.85. The third kappa shape index (κ3) is 7.93. The number of carbonyl (C=O) groups is 3. The van der Waals surface area contributed by atoms with Crippen molar-refractivity contribution in [3.63, 3.8) is 0 Å². The summed E-state index contributed by atoms with van der Waals surface area (Å²) in [5.41, 5.74) is 3.09. The molecule has 9 nitrogen and oxygen atoms in total. The minimum Gasteiger partial charge on any atom is -0.481 e. The first kappa shape index (κ1) is 29.4. The SMILES string of the molecule is CC1CN(CCC(=O)O)C(NC(=O)COC2CCN(C(=O)OCc3ccccc3)CC2)c2ccccc21.Cl. The fraction of sp³-hybridized carbons (Fsp3) is 0.464. The summed E-state index contributed by atoms with van der Waals surface area (Å²) in [6, 6.07) is 17.5. The second-order valence-electron chi connectivity index (χ2n) is 9.68. The molecule has 2 heterocycles. The van der Waals surface area contributed by atoms with Crippen LogP contribution >= 0.6 is 12.4 Å². The van der Waals surface area contributed by atoms with E-state index < -0.39 is 12.1 Å². The Kier molecular flexibility index (Phi) is 10.9. The number of rotatable bonds is 9. The molecule has 2 aliphatic rings. The van der Waals surface area contributed by atoms with E-state index in [0.717, 1.165) is 16.7 Å². The van der Waals surface area contributed by atoms with Crippen molar-refractivity contribution in [1.82, 2.24) is 15.1 Å².